The van der Waals surface area contributed by atoms with Crippen molar-refractivity contribution in [2.24, 2.45) is 5.92 Å². The molecule has 3 heteroatoms. The highest BCUT2D eigenvalue weighted by Gasteiger charge is 2.26. The summed E-state index contributed by atoms with van der Waals surface area (Å²) in [7, 11) is 0. The molecule has 0 spiro atoms. The van der Waals surface area contributed by atoms with Crippen LogP contribution in [0.3, 0.4) is 0 Å². The van der Waals surface area contributed by atoms with Gasteiger partial charge in [0.15, 0.2) is 0 Å². The molecule has 1 aliphatic carbocycles. The van der Waals surface area contributed by atoms with Gasteiger partial charge in [-0.2, -0.15) is 0 Å². The highest BCUT2D eigenvalue weighted by atomic mass is 15.3. The van der Waals surface area contributed by atoms with Crippen LogP contribution in [0.25, 0.3) is 0 Å². The largest absolute Gasteiger partial charge is 0.369 e. The van der Waals surface area contributed by atoms with Crippen LogP contribution in [-0.2, 0) is 6.54 Å². The van der Waals surface area contributed by atoms with Crippen molar-refractivity contribution in [3.8, 4) is 0 Å². The Balaban J connectivity index is 1.56. The van der Waals surface area contributed by atoms with E-state index in [-0.39, 0.29) is 0 Å². The van der Waals surface area contributed by atoms with Gasteiger partial charge < -0.3 is 10.2 Å². The third-order valence-corrected chi connectivity index (χ3v) is 4.77. The zero-order valence-electron chi connectivity index (χ0n) is 13.6. The van der Waals surface area contributed by atoms with Gasteiger partial charge in [-0.1, -0.05) is 19.1 Å². The molecule has 0 radical (unpaired) electrons. The van der Waals surface area contributed by atoms with Gasteiger partial charge in [-0.3, -0.25) is 4.90 Å². The lowest BCUT2D eigenvalue weighted by molar-refractivity contribution is 0.248. The molecule has 1 saturated carbocycles. The Bertz CT molecular complexity index is 460. The van der Waals surface area contributed by atoms with Crippen molar-refractivity contribution in [1.29, 1.82) is 0 Å². The normalized spacial score (nSPS) is 20.0. The lowest BCUT2D eigenvalue weighted by Crippen LogP contribution is -2.47. The average Bonchev–Trinajstić information content (AvgIpc) is 3.30. The Morgan fingerprint density at radius 1 is 1.14 bits per heavy atom. The van der Waals surface area contributed by atoms with Crippen LogP contribution in [0.1, 0.15) is 30.9 Å². The van der Waals surface area contributed by atoms with Crippen molar-refractivity contribution < 1.29 is 0 Å². The fourth-order valence-electron chi connectivity index (χ4n) is 3.29. The molecule has 1 aromatic carbocycles. The second-order valence-corrected chi connectivity index (χ2v) is 6.63. The van der Waals surface area contributed by atoms with Crippen molar-refractivity contribution in [3.63, 3.8) is 0 Å². The van der Waals surface area contributed by atoms with E-state index in [1.165, 1.54) is 62.4 Å². The smallest absolute Gasteiger partial charge is 0.0397 e. The van der Waals surface area contributed by atoms with Crippen LogP contribution in [0.5, 0.6) is 0 Å². The molecular formula is C18H29N3. The van der Waals surface area contributed by atoms with Crippen LogP contribution in [0.2, 0.25) is 0 Å². The summed E-state index contributed by atoms with van der Waals surface area (Å²) in [5, 5.41) is 3.40. The summed E-state index contributed by atoms with van der Waals surface area (Å²) in [4.78, 5) is 5.22. The Kier molecular flexibility index (Phi) is 4.81. The van der Waals surface area contributed by atoms with Crippen LogP contribution in [-0.4, -0.2) is 44.2 Å². The molecule has 116 valence electrons. The van der Waals surface area contributed by atoms with Gasteiger partial charge in [-0.05, 0) is 49.4 Å². The van der Waals surface area contributed by atoms with Crippen molar-refractivity contribution in [2.75, 3.05) is 44.2 Å². The zero-order chi connectivity index (χ0) is 14.7. The molecule has 3 nitrogen and oxygen atoms in total. The standard InChI is InChI=1S/C18H29N3/c1-3-19-13-17-6-7-18(15(2)12-17)21-10-8-20(9-11-21)14-16-4-5-16/h6-7,12,16,19H,3-5,8-11,13-14H2,1-2H3. The van der Waals surface area contributed by atoms with Gasteiger partial charge in [0.2, 0.25) is 0 Å². The maximum Gasteiger partial charge on any atom is 0.0397 e. The number of rotatable bonds is 6. The monoisotopic (exact) mass is 287 g/mol. The molecule has 1 N–H and O–H groups in total. The molecule has 2 fully saturated rings. The first kappa shape index (κ1) is 14.9. The van der Waals surface area contributed by atoms with Gasteiger partial charge >= 0.3 is 0 Å². The summed E-state index contributed by atoms with van der Waals surface area (Å²) in [5.41, 5.74) is 4.24. The van der Waals surface area contributed by atoms with Crippen LogP contribution in [0.15, 0.2) is 18.2 Å². The number of aryl methyl sites for hydroxylation is 1. The number of nitrogens with zero attached hydrogens (tertiary/aromatic N) is 2. The highest BCUT2D eigenvalue weighted by molar-refractivity contribution is 5.54. The van der Waals surface area contributed by atoms with E-state index in [4.69, 9.17) is 0 Å². The summed E-state index contributed by atoms with van der Waals surface area (Å²) in [6.45, 7) is 12.6. The Morgan fingerprint density at radius 3 is 2.52 bits per heavy atom. The SMILES string of the molecule is CCNCc1ccc(N2CCN(CC3CC3)CC2)c(C)c1. The first-order valence-corrected chi connectivity index (χ1v) is 8.54. The minimum absolute atomic E-state index is 0.979. The third-order valence-electron chi connectivity index (χ3n) is 4.77. The summed E-state index contributed by atoms with van der Waals surface area (Å²) in [5.74, 6) is 1.02. The van der Waals surface area contributed by atoms with E-state index >= 15 is 0 Å². The number of piperazine rings is 1. The Hall–Kier alpha value is -1.06. The number of anilines is 1. The van der Waals surface area contributed by atoms with Gasteiger partial charge in [0.05, 0.1) is 0 Å². The fourth-order valence-corrected chi connectivity index (χ4v) is 3.29. The molecule has 0 amide bonds. The molecule has 1 aliphatic heterocycles. The third kappa shape index (κ3) is 3.98. The molecule has 0 unspecified atom stereocenters. The topological polar surface area (TPSA) is 18.5 Å². The van der Waals surface area contributed by atoms with E-state index in [0.29, 0.717) is 0 Å². The summed E-state index contributed by atoms with van der Waals surface area (Å²) < 4.78 is 0. The van der Waals surface area contributed by atoms with E-state index in [0.717, 1.165) is 19.0 Å². The Labute approximate surface area is 129 Å². The maximum absolute atomic E-state index is 3.40. The van der Waals surface area contributed by atoms with Crippen molar-refractivity contribution >= 4 is 5.69 Å². The molecular weight excluding hydrogens is 258 g/mol. The van der Waals surface area contributed by atoms with Crippen molar-refractivity contribution in [3.05, 3.63) is 29.3 Å². The molecule has 0 atom stereocenters. The van der Waals surface area contributed by atoms with Crippen LogP contribution < -0.4 is 10.2 Å². The van der Waals surface area contributed by atoms with Gasteiger partial charge in [0.1, 0.15) is 0 Å². The number of hydrogen-bond acceptors (Lipinski definition) is 3. The number of nitrogens with one attached hydrogen (secondary N) is 1. The fraction of sp³-hybridized carbons (Fsp3) is 0.667. The number of hydrogen-bond donors (Lipinski definition) is 1. The zero-order valence-corrected chi connectivity index (χ0v) is 13.6. The maximum atomic E-state index is 3.40. The Morgan fingerprint density at radius 2 is 1.90 bits per heavy atom. The summed E-state index contributed by atoms with van der Waals surface area (Å²) in [6.07, 6.45) is 2.93. The lowest BCUT2D eigenvalue weighted by atomic mass is 10.1. The van der Waals surface area contributed by atoms with Crippen LogP contribution in [0, 0.1) is 12.8 Å². The van der Waals surface area contributed by atoms with Gasteiger partial charge in [0.25, 0.3) is 0 Å². The molecule has 1 aromatic rings. The van der Waals surface area contributed by atoms with Crippen molar-refractivity contribution in [1.82, 2.24) is 10.2 Å². The minimum Gasteiger partial charge on any atom is -0.369 e. The highest BCUT2D eigenvalue weighted by Crippen LogP contribution is 2.30. The van der Waals surface area contributed by atoms with Crippen molar-refractivity contribution in [2.45, 2.75) is 33.2 Å². The molecule has 0 aromatic heterocycles. The molecule has 1 saturated heterocycles. The minimum atomic E-state index is 0.979. The number of benzene rings is 1. The summed E-state index contributed by atoms with van der Waals surface area (Å²) >= 11 is 0. The van der Waals surface area contributed by atoms with E-state index in [1.54, 1.807) is 0 Å². The molecule has 1 heterocycles. The van der Waals surface area contributed by atoms with Crippen LogP contribution >= 0.6 is 0 Å². The second-order valence-electron chi connectivity index (χ2n) is 6.63. The predicted molar refractivity (Wildman–Crippen MR) is 89.9 cm³/mol. The van der Waals surface area contributed by atoms with E-state index in [9.17, 15) is 0 Å². The average molecular weight is 287 g/mol. The molecule has 0 bridgehead atoms. The first-order valence-electron chi connectivity index (χ1n) is 8.54. The molecule has 21 heavy (non-hydrogen) atoms. The second kappa shape index (κ2) is 6.80. The van der Waals surface area contributed by atoms with Gasteiger partial charge in [0, 0.05) is 45.0 Å². The van der Waals surface area contributed by atoms with E-state index in [2.05, 4.69) is 47.2 Å². The lowest BCUT2D eigenvalue weighted by Gasteiger charge is -2.37. The summed E-state index contributed by atoms with van der Waals surface area (Å²) in [6, 6.07) is 6.94. The van der Waals surface area contributed by atoms with E-state index in [1.807, 2.05) is 0 Å². The quantitative estimate of drug-likeness (QED) is 0.868. The van der Waals surface area contributed by atoms with E-state index < -0.39 is 0 Å². The van der Waals surface area contributed by atoms with Crippen LogP contribution in [0.4, 0.5) is 5.69 Å². The first-order chi connectivity index (χ1) is 10.3. The van der Waals surface area contributed by atoms with Gasteiger partial charge in [-0.15, -0.1) is 0 Å². The predicted octanol–water partition coefficient (Wildman–Crippen LogP) is 2.64. The molecule has 2 aliphatic rings. The van der Waals surface area contributed by atoms with Gasteiger partial charge in [-0.25, -0.2) is 0 Å². The molecule has 3 rings (SSSR count).